The third kappa shape index (κ3) is 3.22. The number of rotatable bonds is 4. The predicted molar refractivity (Wildman–Crippen MR) is 78.5 cm³/mol. The molecule has 0 saturated heterocycles. The van der Waals surface area contributed by atoms with Crippen LogP contribution in [0.1, 0.15) is 17.7 Å². The van der Waals surface area contributed by atoms with Gasteiger partial charge in [-0.2, -0.15) is 0 Å². The second kappa shape index (κ2) is 5.83. The minimum atomic E-state index is -3.54. The largest absolute Gasteiger partial charge is 0.493 e. The van der Waals surface area contributed by atoms with Gasteiger partial charge in [0.1, 0.15) is 5.75 Å². The van der Waals surface area contributed by atoms with E-state index in [0.717, 1.165) is 24.2 Å². The summed E-state index contributed by atoms with van der Waals surface area (Å²) in [6.45, 7) is 0.869. The van der Waals surface area contributed by atoms with E-state index in [9.17, 15) is 8.42 Å². The number of sulfonamides is 1. The summed E-state index contributed by atoms with van der Waals surface area (Å²) in [7, 11) is -3.54. The first-order valence-corrected chi connectivity index (χ1v) is 8.29. The van der Waals surface area contributed by atoms with Crippen LogP contribution in [0.3, 0.4) is 0 Å². The first kappa shape index (κ1) is 14.0. The summed E-state index contributed by atoms with van der Waals surface area (Å²) >= 11 is 0. The van der Waals surface area contributed by atoms with Crippen molar-refractivity contribution in [2.75, 3.05) is 6.61 Å². The van der Waals surface area contributed by atoms with Crippen molar-refractivity contribution in [1.29, 1.82) is 0 Å². The van der Waals surface area contributed by atoms with Crippen LogP contribution in [0.4, 0.5) is 0 Å². The Hall–Kier alpha value is -1.92. The maximum absolute atomic E-state index is 12.3. The third-order valence-electron chi connectivity index (χ3n) is 3.36. The molecule has 1 aliphatic rings. The Morgan fingerprint density at radius 1 is 1.24 bits per heavy atom. The molecule has 1 aliphatic heterocycles. The van der Waals surface area contributed by atoms with Crippen molar-refractivity contribution >= 4 is 10.0 Å². The molecule has 0 saturated carbocycles. The molecule has 1 aromatic heterocycles. The molecule has 1 N–H and O–H groups in total. The molecule has 0 spiro atoms. The lowest BCUT2D eigenvalue weighted by Gasteiger charge is -2.18. The van der Waals surface area contributed by atoms with Gasteiger partial charge in [-0.3, -0.25) is 4.98 Å². The number of hydrogen-bond donors (Lipinski definition) is 1. The molecule has 6 heteroatoms. The van der Waals surface area contributed by atoms with Crippen LogP contribution >= 0.6 is 0 Å². The van der Waals surface area contributed by atoms with Crippen LogP contribution < -0.4 is 9.46 Å². The summed E-state index contributed by atoms with van der Waals surface area (Å²) in [6.07, 6.45) is 3.40. The number of hydrogen-bond acceptors (Lipinski definition) is 4. The molecule has 2 heterocycles. The van der Waals surface area contributed by atoms with E-state index in [1.807, 2.05) is 6.07 Å². The summed E-state index contributed by atoms with van der Waals surface area (Å²) in [5.41, 5.74) is 1.63. The lowest BCUT2D eigenvalue weighted by Crippen LogP contribution is -2.24. The highest BCUT2D eigenvalue weighted by Gasteiger charge is 2.18. The topological polar surface area (TPSA) is 68.3 Å². The lowest BCUT2D eigenvalue weighted by molar-refractivity contribution is 0.288. The lowest BCUT2D eigenvalue weighted by atomic mass is 10.1. The van der Waals surface area contributed by atoms with Gasteiger partial charge in [-0.15, -0.1) is 0 Å². The molecule has 0 atom stereocenters. The zero-order chi connectivity index (χ0) is 14.7. The van der Waals surface area contributed by atoms with Gasteiger partial charge in [-0.05, 0) is 48.7 Å². The SMILES string of the molecule is O=S(=O)(NCc1ccccn1)c1ccc2c(c1)CCCO2. The van der Waals surface area contributed by atoms with E-state index in [0.29, 0.717) is 12.3 Å². The van der Waals surface area contributed by atoms with Gasteiger partial charge < -0.3 is 4.74 Å². The zero-order valence-corrected chi connectivity index (χ0v) is 12.3. The highest BCUT2D eigenvalue weighted by atomic mass is 32.2. The van der Waals surface area contributed by atoms with Crippen molar-refractivity contribution in [3.63, 3.8) is 0 Å². The second-order valence-corrected chi connectivity index (χ2v) is 6.63. The molecule has 0 radical (unpaired) electrons. The first-order chi connectivity index (χ1) is 10.1. The fraction of sp³-hybridized carbons (Fsp3) is 0.267. The minimum Gasteiger partial charge on any atom is -0.493 e. The standard InChI is InChI=1S/C15H16N2O3S/c18-21(19,17-11-13-5-1-2-8-16-13)14-6-7-15-12(10-14)4-3-9-20-15/h1-2,5-8,10,17H,3-4,9,11H2. The molecular formula is C15H16N2O3S. The summed E-state index contributed by atoms with van der Waals surface area (Å²) in [6, 6.07) is 10.4. The van der Waals surface area contributed by atoms with Crippen molar-refractivity contribution < 1.29 is 13.2 Å². The van der Waals surface area contributed by atoms with Gasteiger partial charge in [0.2, 0.25) is 10.0 Å². The van der Waals surface area contributed by atoms with Crippen LogP contribution in [0.5, 0.6) is 5.75 Å². The molecular weight excluding hydrogens is 288 g/mol. The zero-order valence-electron chi connectivity index (χ0n) is 11.5. The normalized spacial score (nSPS) is 14.3. The first-order valence-electron chi connectivity index (χ1n) is 6.80. The number of benzene rings is 1. The van der Waals surface area contributed by atoms with Gasteiger partial charge in [-0.25, -0.2) is 13.1 Å². The molecule has 0 aliphatic carbocycles. The quantitative estimate of drug-likeness (QED) is 0.936. The summed E-state index contributed by atoms with van der Waals surface area (Å²) in [4.78, 5) is 4.37. The van der Waals surface area contributed by atoms with Crippen molar-refractivity contribution in [3.8, 4) is 5.75 Å². The number of aryl methyl sites for hydroxylation is 1. The molecule has 3 rings (SSSR count). The Balaban J connectivity index is 1.78. The van der Waals surface area contributed by atoms with Gasteiger partial charge in [0.25, 0.3) is 0 Å². The van der Waals surface area contributed by atoms with Crippen LogP contribution in [0, 0.1) is 0 Å². The molecule has 2 aromatic rings. The predicted octanol–water partition coefficient (Wildman–Crippen LogP) is 1.89. The second-order valence-electron chi connectivity index (χ2n) is 4.87. The molecule has 110 valence electrons. The van der Waals surface area contributed by atoms with E-state index < -0.39 is 10.0 Å². The molecule has 0 fully saturated rings. The highest BCUT2D eigenvalue weighted by molar-refractivity contribution is 7.89. The fourth-order valence-corrected chi connectivity index (χ4v) is 3.31. The summed E-state index contributed by atoms with van der Waals surface area (Å²) < 4.78 is 32.7. The summed E-state index contributed by atoms with van der Waals surface area (Å²) in [5.74, 6) is 0.782. The van der Waals surface area contributed by atoms with Crippen molar-refractivity contribution in [1.82, 2.24) is 9.71 Å². The molecule has 0 unspecified atom stereocenters. The van der Waals surface area contributed by atoms with Crippen molar-refractivity contribution in [2.24, 2.45) is 0 Å². The van der Waals surface area contributed by atoms with Crippen molar-refractivity contribution in [3.05, 3.63) is 53.9 Å². The van der Waals surface area contributed by atoms with Crippen LogP contribution in [0.2, 0.25) is 0 Å². The number of pyridine rings is 1. The smallest absolute Gasteiger partial charge is 0.240 e. The molecule has 5 nitrogen and oxygen atoms in total. The van der Waals surface area contributed by atoms with Gasteiger partial charge in [-0.1, -0.05) is 6.07 Å². The molecule has 21 heavy (non-hydrogen) atoms. The van der Waals surface area contributed by atoms with Gasteiger partial charge in [0, 0.05) is 6.20 Å². The van der Waals surface area contributed by atoms with E-state index >= 15 is 0 Å². The van der Waals surface area contributed by atoms with Crippen LogP contribution in [0.25, 0.3) is 0 Å². The van der Waals surface area contributed by atoms with E-state index in [2.05, 4.69) is 9.71 Å². The average molecular weight is 304 g/mol. The monoisotopic (exact) mass is 304 g/mol. The number of nitrogens with one attached hydrogen (secondary N) is 1. The van der Waals surface area contributed by atoms with Crippen LogP contribution in [-0.2, 0) is 23.0 Å². The Kier molecular flexibility index (Phi) is 3.90. The number of nitrogens with zero attached hydrogens (tertiary/aromatic N) is 1. The highest BCUT2D eigenvalue weighted by Crippen LogP contribution is 2.27. The van der Waals surface area contributed by atoms with Gasteiger partial charge >= 0.3 is 0 Å². The van der Waals surface area contributed by atoms with E-state index in [-0.39, 0.29) is 11.4 Å². The van der Waals surface area contributed by atoms with Gasteiger partial charge in [0.15, 0.2) is 0 Å². The third-order valence-corrected chi connectivity index (χ3v) is 4.76. The van der Waals surface area contributed by atoms with Gasteiger partial charge in [0.05, 0.1) is 23.7 Å². The molecule has 0 amide bonds. The van der Waals surface area contributed by atoms with Crippen LogP contribution in [-0.4, -0.2) is 20.0 Å². The average Bonchev–Trinajstić information content (AvgIpc) is 2.53. The van der Waals surface area contributed by atoms with E-state index in [4.69, 9.17) is 4.74 Å². The van der Waals surface area contributed by atoms with Crippen LogP contribution in [0.15, 0.2) is 47.5 Å². The maximum Gasteiger partial charge on any atom is 0.240 e. The Morgan fingerprint density at radius 3 is 2.95 bits per heavy atom. The Labute approximate surface area is 124 Å². The summed E-state index contributed by atoms with van der Waals surface area (Å²) in [5, 5.41) is 0. The molecule has 0 bridgehead atoms. The van der Waals surface area contributed by atoms with E-state index in [1.54, 1.807) is 36.5 Å². The Morgan fingerprint density at radius 2 is 2.14 bits per heavy atom. The number of fused-ring (bicyclic) bond motifs is 1. The number of ether oxygens (including phenoxy) is 1. The molecule has 1 aromatic carbocycles. The Bertz CT molecular complexity index is 730. The number of aromatic nitrogens is 1. The maximum atomic E-state index is 12.3. The van der Waals surface area contributed by atoms with Crippen molar-refractivity contribution in [2.45, 2.75) is 24.3 Å². The minimum absolute atomic E-state index is 0.177. The van der Waals surface area contributed by atoms with E-state index in [1.165, 1.54) is 0 Å². The fourth-order valence-electron chi connectivity index (χ4n) is 2.26.